The first-order valence-corrected chi connectivity index (χ1v) is 10.6. The van der Waals surface area contributed by atoms with Gasteiger partial charge in [0.2, 0.25) is 0 Å². The monoisotopic (exact) mass is 490 g/mol. The quantitative estimate of drug-likeness (QED) is 0.222. The molecule has 3 rings (SSSR count). The molecule has 0 aliphatic heterocycles. The number of halogens is 1. The zero-order chi connectivity index (χ0) is 26.2. The lowest BCUT2D eigenvalue weighted by atomic mass is 10.0. The molecule has 3 N–H and O–H groups in total. The molecule has 0 aromatic heterocycles. The molecule has 0 saturated carbocycles. The molecular formula is C28H23FO7. The highest BCUT2D eigenvalue weighted by Gasteiger charge is 2.15. The summed E-state index contributed by atoms with van der Waals surface area (Å²) in [5, 5.41) is 28.9. The van der Waals surface area contributed by atoms with E-state index in [1.54, 1.807) is 12.1 Å². The number of aromatic hydroxyl groups is 3. The van der Waals surface area contributed by atoms with E-state index in [2.05, 4.69) is 0 Å². The van der Waals surface area contributed by atoms with Crippen LogP contribution in [-0.4, -0.2) is 41.1 Å². The molecule has 0 heterocycles. The predicted molar refractivity (Wildman–Crippen MR) is 133 cm³/mol. The van der Waals surface area contributed by atoms with Crippen molar-refractivity contribution in [1.29, 1.82) is 0 Å². The fourth-order valence-corrected chi connectivity index (χ4v) is 3.16. The Morgan fingerprint density at radius 2 is 1.14 bits per heavy atom. The summed E-state index contributed by atoms with van der Waals surface area (Å²) in [5.41, 5.74) is 1.00. The fraction of sp³-hybridized carbons (Fsp3) is 0.0714. The molecule has 0 spiro atoms. The zero-order valence-electron chi connectivity index (χ0n) is 19.4. The topological polar surface area (TPSA) is 113 Å². The van der Waals surface area contributed by atoms with E-state index in [0.717, 1.165) is 12.1 Å². The predicted octanol–water partition coefficient (Wildman–Crippen LogP) is 4.91. The number of ether oxygens (including phenoxy) is 2. The number of ketones is 2. The van der Waals surface area contributed by atoms with Gasteiger partial charge in [0.05, 0.1) is 19.8 Å². The summed E-state index contributed by atoms with van der Waals surface area (Å²) in [7, 11) is 2.78. The van der Waals surface area contributed by atoms with Crippen molar-refractivity contribution in [3.8, 4) is 28.7 Å². The highest BCUT2D eigenvalue weighted by atomic mass is 19.1. The summed E-state index contributed by atoms with van der Waals surface area (Å²) < 4.78 is 23.9. The summed E-state index contributed by atoms with van der Waals surface area (Å²) in [6.45, 7) is 0. The summed E-state index contributed by atoms with van der Waals surface area (Å²) in [4.78, 5) is 26.0. The second kappa shape index (κ2) is 11.5. The van der Waals surface area contributed by atoms with Gasteiger partial charge in [-0.2, -0.15) is 0 Å². The van der Waals surface area contributed by atoms with Gasteiger partial charge in [0, 0.05) is 0 Å². The van der Waals surface area contributed by atoms with Crippen LogP contribution >= 0.6 is 0 Å². The van der Waals surface area contributed by atoms with Gasteiger partial charge in [-0.05, 0) is 71.3 Å². The van der Waals surface area contributed by atoms with Crippen LogP contribution in [0.1, 0.15) is 16.7 Å². The van der Waals surface area contributed by atoms with Gasteiger partial charge in [-0.25, -0.2) is 4.39 Å². The van der Waals surface area contributed by atoms with Crippen LogP contribution in [0.25, 0.3) is 18.2 Å². The van der Waals surface area contributed by atoms with E-state index in [1.807, 2.05) is 0 Å². The molecule has 0 fully saturated rings. The van der Waals surface area contributed by atoms with E-state index in [-0.39, 0.29) is 34.1 Å². The molecule has 184 valence electrons. The van der Waals surface area contributed by atoms with Gasteiger partial charge in [0.1, 0.15) is 0 Å². The number of allylic oxidation sites excluding steroid dienone is 3. The summed E-state index contributed by atoms with van der Waals surface area (Å²) in [6.07, 6.45) is 6.44. The maximum atomic E-state index is 13.8. The lowest BCUT2D eigenvalue weighted by Gasteiger charge is -2.05. The second-order valence-electron chi connectivity index (χ2n) is 7.53. The molecule has 7 nitrogen and oxygen atoms in total. The zero-order valence-corrected chi connectivity index (χ0v) is 19.4. The van der Waals surface area contributed by atoms with Crippen molar-refractivity contribution in [2.45, 2.75) is 0 Å². The minimum Gasteiger partial charge on any atom is -0.505 e. The van der Waals surface area contributed by atoms with Crippen LogP contribution in [0.5, 0.6) is 28.7 Å². The minimum absolute atomic E-state index is 0.0675. The molecule has 36 heavy (non-hydrogen) atoms. The highest BCUT2D eigenvalue weighted by Crippen LogP contribution is 2.28. The van der Waals surface area contributed by atoms with Crippen molar-refractivity contribution >= 4 is 29.8 Å². The summed E-state index contributed by atoms with van der Waals surface area (Å²) in [5.74, 6) is -2.49. The maximum absolute atomic E-state index is 13.8. The first-order chi connectivity index (χ1) is 17.2. The molecule has 0 bridgehead atoms. The van der Waals surface area contributed by atoms with Gasteiger partial charge in [-0.15, -0.1) is 0 Å². The van der Waals surface area contributed by atoms with E-state index >= 15 is 0 Å². The van der Waals surface area contributed by atoms with Crippen LogP contribution in [0.2, 0.25) is 0 Å². The first-order valence-electron chi connectivity index (χ1n) is 10.6. The summed E-state index contributed by atoms with van der Waals surface area (Å²) >= 11 is 0. The molecule has 3 aromatic rings. The number of hydrogen-bond acceptors (Lipinski definition) is 7. The van der Waals surface area contributed by atoms with Crippen molar-refractivity contribution < 1.29 is 38.8 Å². The Balaban J connectivity index is 1.95. The van der Waals surface area contributed by atoms with Crippen molar-refractivity contribution in [2.75, 3.05) is 14.2 Å². The van der Waals surface area contributed by atoms with Crippen molar-refractivity contribution in [2.24, 2.45) is 0 Å². The van der Waals surface area contributed by atoms with E-state index < -0.39 is 23.1 Å². The van der Waals surface area contributed by atoms with Crippen LogP contribution in [0.3, 0.4) is 0 Å². The molecule has 0 aliphatic carbocycles. The van der Waals surface area contributed by atoms with Crippen LogP contribution in [0.4, 0.5) is 4.39 Å². The van der Waals surface area contributed by atoms with Gasteiger partial charge in [0.25, 0.3) is 0 Å². The van der Waals surface area contributed by atoms with E-state index in [0.29, 0.717) is 11.1 Å². The number of carbonyl (C=O) groups excluding carboxylic acids is 2. The number of methoxy groups -OCH3 is 2. The summed E-state index contributed by atoms with van der Waals surface area (Å²) in [6, 6.07) is 12.4. The van der Waals surface area contributed by atoms with Crippen LogP contribution in [-0.2, 0) is 9.59 Å². The van der Waals surface area contributed by atoms with Crippen LogP contribution < -0.4 is 9.47 Å². The molecule has 0 unspecified atom stereocenters. The fourth-order valence-electron chi connectivity index (χ4n) is 3.16. The Kier molecular flexibility index (Phi) is 8.25. The van der Waals surface area contributed by atoms with Crippen molar-refractivity contribution in [1.82, 2.24) is 0 Å². The van der Waals surface area contributed by atoms with Crippen LogP contribution in [0.15, 0.2) is 72.3 Å². The molecule has 0 radical (unpaired) electrons. The average Bonchev–Trinajstić information content (AvgIpc) is 2.87. The lowest BCUT2D eigenvalue weighted by molar-refractivity contribution is -0.116. The third-order valence-electron chi connectivity index (χ3n) is 5.08. The Bertz CT molecular complexity index is 1310. The SMILES string of the molecule is COc1cc(/C=C/C(=O)C(=Cc2ccc(O)c(F)c2)C(=O)/C=C/c2ccc(O)c(OC)c2)ccc1O. The Morgan fingerprint density at radius 3 is 1.58 bits per heavy atom. The van der Waals surface area contributed by atoms with E-state index in [4.69, 9.17) is 9.47 Å². The number of carbonyl (C=O) groups is 2. The molecule has 0 amide bonds. The van der Waals surface area contributed by atoms with Gasteiger partial charge in [0.15, 0.2) is 46.1 Å². The van der Waals surface area contributed by atoms with Gasteiger partial charge in [-0.3, -0.25) is 9.59 Å². The van der Waals surface area contributed by atoms with Gasteiger partial charge >= 0.3 is 0 Å². The Morgan fingerprint density at radius 1 is 0.694 bits per heavy atom. The average molecular weight is 490 g/mol. The number of phenols is 3. The molecule has 0 saturated heterocycles. The molecule has 8 heteroatoms. The molecule has 0 atom stereocenters. The van der Waals surface area contributed by atoms with Crippen molar-refractivity contribution in [3.05, 3.63) is 94.8 Å². The van der Waals surface area contributed by atoms with E-state index in [1.165, 1.54) is 74.9 Å². The standard InChI is InChI=1S/C28H23FO7/c1-35-27-15-17(5-11-25(27)33)3-8-22(30)20(13-19-7-10-24(32)21(29)14-19)23(31)9-4-18-6-12-26(34)28(16-18)36-2/h3-16,32-34H,1-2H3/b8-3+,9-4+. The molecule has 0 aliphatic rings. The third-order valence-corrected chi connectivity index (χ3v) is 5.08. The van der Waals surface area contributed by atoms with Gasteiger partial charge in [-0.1, -0.05) is 30.4 Å². The van der Waals surface area contributed by atoms with Crippen molar-refractivity contribution in [3.63, 3.8) is 0 Å². The number of benzene rings is 3. The normalized spacial score (nSPS) is 11.0. The minimum atomic E-state index is -0.901. The number of phenolic OH excluding ortho intramolecular Hbond substituents is 3. The van der Waals surface area contributed by atoms with Gasteiger partial charge < -0.3 is 24.8 Å². The first kappa shape index (κ1) is 25.8. The van der Waals surface area contributed by atoms with Crippen LogP contribution in [0, 0.1) is 5.82 Å². The smallest absolute Gasteiger partial charge is 0.189 e. The Labute approximate surface area is 206 Å². The number of rotatable bonds is 9. The Hall–Kier alpha value is -4.85. The largest absolute Gasteiger partial charge is 0.505 e. The van der Waals surface area contributed by atoms with E-state index in [9.17, 15) is 29.3 Å². The second-order valence-corrected chi connectivity index (χ2v) is 7.53. The molecular weight excluding hydrogens is 467 g/mol. The third kappa shape index (κ3) is 6.38. The lowest BCUT2D eigenvalue weighted by Crippen LogP contribution is -2.08. The maximum Gasteiger partial charge on any atom is 0.189 e. The number of hydrogen-bond donors (Lipinski definition) is 3. The highest BCUT2D eigenvalue weighted by molar-refractivity contribution is 6.31. The molecule has 3 aromatic carbocycles.